The van der Waals surface area contributed by atoms with Crippen LogP contribution in [0.15, 0.2) is 42.6 Å². The van der Waals surface area contributed by atoms with Gasteiger partial charge in [-0.2, -0.15) is 0 Å². The number of rotatable bonds is 4. The fraction of sp³-hybridized carbons (Fsp3) is 0.300. The van der Waals surface area contributed by atoms with Crippen LogP contribution in [0, 0.1) is 18.7 Å². The van der Waals surface area contributed by atoms with Crippen molar-refractivity contribution in [1.29, 1.82) is 0 Å². The van der Waals surface area contributed by atoms with Crippen molar-refractivity contribution in [2.24, 2.45) is 5.92 Å². The Hall–Kier alpha value is -2.69. The third-order valence-corrected chi connectivity index (χ3v) is 4.82. The topological polar surface area (TPSA) is 46.4 Å². The molecule has 1 aliphatic rings. The molecular weight excluding hydrogens is 317 g/mol. The van der Waals surface area contributed by atoms with Crippen LogP contribution in [0.5, 0.6) is 0 Å². The van der Waals surface area contributed by atoms with Crippen LogP contribution in [0.2, 0.25) is 0 Å². The van der Waals surface area contributed by atoms with Crippen LogP contribution in [0.25, 0.3) is 16.9 Å². The minimum Gasteiger partial charge on any atom is -0.349 e. The van der Waals surface area contributed by atoms with Crippen LogP contribution in [-0.4, -0.2) is 21.3 Å². The largest absolute Gasteiger partial charge is 0.349 e. The van der Waals surface area contributed by atoms with Crippen LogP contribution in [0.1, 0.15) is 35.8 Å². The molecule has 5 heteroatoms. The number of carbonyl (C=O) groups excluding carboxylic acids is 1. The van der Waals surface area contributed by atoms with E-state index in [4.69, 9.17) is 0 Å². The number of hydrogen-bond donors (Lipinski definition) is 1. The minimum atomic E-state index is -0.271. The summed E-state index contributed by atoms with van der Waals surface area (Å²) >= 11 is 0. The van der Waals surface area contributed by atoms with Crippen molar-refractivity contribution < 1.29 is 9.18 Å². The number of fused-ring (bicyclic) bond motifs is 1. The number of amides is 1. The maximum Gasteiger partial charge on any atom is 0.255 e. The Labute approximate surface area is 145 Å². The summed E-state index contributed by atoms with van der Waals surface area (Å²) in [5.41, 5.74) is 3.77. The average molecular weight is 337 g/mol. The van der Waals surface area contributed by atoms with E-state index in [1.165, 1.54) is 25.0 Å². The zero-order valence-corrected chi connectivity index (χ0v) is 14.3. The molecule has 0 radical (unpaired) electrons. The monoisotopic (exact) mass is 337 g/mol. The lowest BCUT2D eigenvalue weighted by atomic mass is 10.1. The zero-order chi connectivity index (χ0) is 17.6. The molecule has 1 fully saturated rings. The lowest BCUT2D eigenvalue weighted by molar-refractivity contribution is 0.0937. The number of carbonyl (C=O) groups is 1. The summed E-state index contributed by atoms with van der Waals surface area (Å²) in [6.45, 7) is 3.95. The van der Waals surface area contributed by atoms with Gasteiger partial charge >= 0.3 is 0 Å². The SMILES string of the molecule is Cc1cc(-c2ccc(F)cc2)n2ccc(C(=O)NC(C)C3CC3)c2n1. The summed E-state index contributed by atoms with van der Waals surface area (Å²) < 4.78 is 15.1. The summed E-state index contributed by atoms with van der Waals surface area (Å²) in [5, 5.41) is 3.08. The zero-order valence-electron chi connectivity index (χ0n) is 14.3. The number of benzene rings is 1. The van der Waals surface area contributed by atoms with Gasteiger partial charge in [-0.1, -0.05) is 0 Å². The molecule has 0 saturated heterocycles. The summed E-state index contributed by atoms with van der Waals surface area (Å²) in [7, 11) is 0. The van der Waals surface area contributed by atoms with Gasteiger partial charge in [0.15, 0.2) is 0 Å². The fourth-order valence-electron chi connectivity index (χ4n) is 3.22. The Morgan fingerprint density at radius 3 is 2.68 bits per heavy atom. The average Bonchev–Trinajstić information content (AvgIpc) is 3.35. The molecule has 0 bridgehead atoms. The first-order valence-electron chi connectivity index (χ1n) is 8.58. The lowest BCUT2D eigenvalue weighted by Gasteiger charge is -2.13. The van der Waals surface area contributed by atoms with Crippen molar-refractivity contribution in [3.8, 4) is 11.3 Å². The van der Waals surface area contributed by atoms with Gasteiger partial charge in [-0.3, -0.25) is 4.79 Å². The maximum absolute atomic E-state index is 13.2. The number of hydrogen-bond acceptors (Lipinski definition) is 2. The van der Waals surface area contributed by atoms with Crippen LogP contribution in [0.3, 0.4) is 0 Å². The summed E-state index contributed by atoms with van der Waals surface area (Å²) in [6, 6.07) is 10.3. The van der Waals surface area contributed by atoms with Gasteiger partial charge in [-0.25, -0.2) is 9.37 Å². The van der Waals surface area contributed by atoms with Gasteiger partial charge in [0.2, 0.25) is 0 Å². The number of halogens is 1. The molecule has 128 valence electrons. The molecule has 0 aliphatic heterocycles. The molecule has 1 unspecified atom stereocenters. The second-order valence-electron chi connectivity index (χ2n) is 6.81. The predicted octanol–water partition coefficient (Wildman–Crippen LogP) is 3.98. The van der Waals surface area contributed by atoms with E-state index in [0.717, 1.165) is 17.0 Å². The lowest BCUT2D eigenvalue weighted by Crippen LogP contribution is -2.34. The van der Waals surface area contributed by atoms with Gasteiger partial charge in [-0.15, -0.1) is 0 Å². The Morgan fingerprint density at radius 2 is 2.00 bits per heavy atom. The third-order valence-electron chi connectivity index (χ3n) is 4.82. The first-order valence-corrected chi connectivity index (χ1v) is 8.58. The van der Waals surface area contributed by atoms with Gasteiger partial charge in [0.1, 0.15) is 11.5 Å². The summed E-state index contributed by atoms with van der Waals surface area (Å²) in [4.78, 5) is 17.2. The molecule has 25 heavy (non-hydrogen) atoms. The van der Waals surface area contributed by atoms with Gasteiger partial charge in [-0.05, 0) is 74.6 Å². The van der Waals surface area contributed by atoms with Gasteiger partial charge in [0.05, 0.1) is 11.3 Å². The van der Waals surface area contributed by atoms with Crippen molar-refractivity contribution in [3.63, 3.8) is 0 Å². The van der Waals surface area contributed by atoms with Crippen molar-refractivity contribution in [3.05, 3.63) is 59.7 Å². The molecule has 3 aromatic rings. The Kier molecular flexibility index (Phi) is 3.79. The molecule has 1 N–H and O–H groups in total. The molecule has 4 rings (SSSR count). The maximum atomic E-state index is 13.2. The number of aromatic nitrogens is 2. The molecule has 1 amide bonds. The third kappa shape index (κ3) is 3.02. The second-order valence-corrected chi connectivity index (χ2v) is 6.81. The summed E-state index contributed by atoms with van der Waals surface area (Å²) in [5.74, 6) is 0.236. The molecule has 4 nitrogen and oxygen atoms in total. The Bertz CT molecular complexity index is 941. The highest BCUT2D eigenvalue weighted by Crippen LogP contribution is 2.32. The minimum absolute atomic E-state index is 0.0925. The Balaban J connectivity index is 1.75. The van der Waals surface area contributed by atoms with Crippen LogP contribution in [-0.2, 0) is 0 Å². The van der Waals surface area contributed by atoms with Crippen molar-refractivity contribution in [2.45, 2.75) is 32.7 Å². The van der Waals surface area contributed by atoms with E-state index in [1.54, 1.807) is 18.2 Å². The molecule has 1 aromatic carbocycles. The highest BCUT2D eigenvalue weighted by atomic mass is 19.1. The number of nitrogens with zero attached hydrogens (tertiary/aromatic N) is 2. The highest BCUT2D eigenvalue weighted by molar-refractivity contribution is 6.00. The van der Waals surface area contributed by atoms with E-state index in [1.807, 2.05) is 23.6 Å². The van der Waals surface area contributed by atoms with E-state index in [2.05, 4.69) is 17.2 Å². The van der Waals surface area contributed by atoms with Crippen molar-refractivity contribution in [2.75, 3.05) is 0 Å². The smallest absolute Gasteiger partial charge is 0.255 e. The fourth-order valence-corrected chi connectivity index (χ4v) is 3.22. The molecule has 0 spiro atoms. The molecular formula is C20H20FN3O. The molecule has 1 saturated carbocycles. The highest BCUT2D eigenvalue weighted by Gasteiger charge is 2.29. The van der Waals surface area contributed by atoms with Crippen molar-refractivity contribution >= 4 is 11.6 Å². The molecule has 1 aliphatic carbocycles. The van der Waals surface area contributed by atoms with Gasteiger partial charge in [0, 0.05) is 17.9 Å². The first-order chi connectivity index (χ1) is 12.0. The molecule has 2 heterocycles. The first kappa shape index (κ1) is 15.8. The number of nitrogens with one attached hydrogen (secondary N) is 1. The van der Waals surface area contributed by atoms with Crippen molar-refractivity contribution in [1.82, 2.24) is 14.7 Å². The van der Waals surface area contributed by atoms with E-state index in [0.29, 0.717) is 17.1 Å². The quantitative estimate of drug-likeness (QED) is 0.783. The van der Waals surface area contributed by atoms with E-state index in [-0.39, 0.29) is 17.8 Å². The Morgan fingerprint density at radius 1 is 1.28 bits per heavy atom. The van der Waals surface area contributed by atoms with Crippen LogP contribution >= 0.6 is 0 Å². The predicted molar refractivity (Wildman–Crippen MR) is 95.0 cm³/mol. The van der Waals surface area contributed by atoms with Crippen LogP contribution < -0.4 is 5.32 Å². The van der Waals surface area contributed by atoms with Crippen LogP contribution in [0.4, 0.5) is 4.39 Å². The van der Waals surface area contributed by atoms with E-state index >= 15 is 0 Å². The van der Waals surface area contributed by atoms with Gasteiger partial charge < -0.3 is 9.72 Å². The normalized spacial score (nSPS) is 15.3. The molecule has 2 aromatic heterocycles. The molecule has 1 atom stereocenters. The second kappa shape index (κ2) is 5.99. The van der Waals surface area contributed by atoms with Gasteiger partial charge in [0.25, 0.3) is 5.91 Å². The summed E-state index contributed by atoms with van der Waals surface area (Å²) in [6.07, 6.45) is 4.21. The van der Waals surface area contributed by atoms with E-state index < -0.39 is 0 Å². The van der Waals surface area contributed by atoms with E-state index in [9.17, 15) is 9.18 Å². The standard InChI is InChI=1S/C20H20FN3O/c1-12-11-18(15-5-7-16(21)8-6-15)24-10-9-17(19(24)22-12)20(25)23-13(2)14-3-4-14/h5-11,13-14H,3-4H2,1-2H3,(H,23,25). The number of aryl methyl sites for hydroxylation is 1.